The number of hydrogen-bond donors (Lipinski definition) is 0. The monoisotopic (exact) mass is 258 g/mol. The van der Waals surface area contributed by atoms with Crippen LogP contribution in [0, 0.1) is 0 Å². The first-order valence-corrected chi connectivity index (χ1v) is 6.08. The summed E-state index contributed by atoms with van der Waals surface area (Å²) in [6.07, 6.45) is 5.08. The molecular formula is C12H14N6O. The van der Waals surface area contributed by atoms with Crippen LogP contribution in [0.3, 0.4) is 0 Å². The predicted octanol–water partition coefficient (Wildman–Crippen LogP) is 0.717. The predicted molar refractivity (Wildman–Crippen MR) is 69.0 cm³/mol. The van der Waals surface area contributed by atoms with Crippen LogP contribution in [-0.4, -0.2) is 28.9 Å². The molecule has 0 aliphatic carbocycles. The molecule has 3 rings (SSSR count). The van der Waals surface area contributed by atoms with Crippen LogP contribution in [0.25, 0.3) is 5.52 Å². The van der Waals surface area contributed by atoms with Crippen molar-refractivity contribution in [1.82, 2.24) is 28.9 Å². The Morgan fingerprint density at radius 3 is 2.95 bits per heavy atom. The Kier molecular flexibility index (Phi) is 2.66. The third kappa shape index (κ3) is 1.92. The molecule has 0 unspecified atom stereocenters. The lowest BCUT2D eigenvalue weighted by molar-refractivity contribution is 0.525. The zero-order valence-electron chi connectivity index (χ0n) is 10.8. The van der Waals surface area contributed by atoms with E-state index in [-0.39, 0.29) is 11.6 Å². The molecular weight excluding hydrogens is 244 g/mol. The van der Waals surface area contributed by atoms with Gasteiger partial charge < -0.3 is 8.97 Å². The Labute approximate surface area is 109 Å². The lowest BCUT2D eigenvalue weighted by atomic mass is 10.4. The molecule has 0 aliphatic rings. The number of aromatic nitrogens is 6. The van der Waals surface area contributed by atoms with Crippen molar-refractivity contribution < 1.29 is 0 Å². The highest BCUT2D eigenvalue weighted by Crippen LogP contribution is 2.07. The molecule has 0 N–H and O–H groups in total. The van der Waals surface area contributed by atoms with Crippen LogP contribution in [-0.2, 0) is 6.54 Å². The maximum atomic E-state index is 12.2. The van der Waals surface area contributed by atoms with Crippen molar-refractivity contribution in [2.75, 3.05) is 0 Å². The first-order valence-electron chi connectivity index (χ1n) is 6.08. The zero-order chi connectivity index (χ0) is 13.4. The second-order valence-corrected chi connectivity index (χ2v) is 4.64. The summed E-state index contributed by atoms with van der Waals surface area (Å²) >= 11 is 0. The van der Waals surface area contributed by atoms with Gasteiger partial charge in [0.15, 0.2) is 5.82 Å². The van der Waals surface area contributed by atoms with Gasteiger partial charge in [-0.1, -0.05) is 0 Å². The largest absolute Gasteiger partial charge is 0.313 e. The third-order valence-corrected chi connectivity index (χ3v) is 3.04. The number of nitrogens with zero attached hydrogens (tertiary/aromatic N) is 6. The van der Waals surface area contributed by atoms with Crippen LogP contribution >= 0.6 is 0 Å². The van der Waals surface area contributed by atoms with E-state index in [4.69, 9.17) is 0 Å². The molecule has 0 aromatic carbocycles. The normalized spacial score (nSPS) is 11.5. The van der Waals surface area contributed by atoms with E-state index in [9.17, 15) is 4.79 Å². The molecule has 0 saturated heterocycles. The van der Waals surface area contributed by atoms with Crippen molar-refractivity contribution in [3.63, 3.8) is 0 Å². The molecule has 0 fully saturated rings. The highest BCUT2D eigenvalue weighted by molar-refractivity contribution is 5.44. The summed E-state index contributed by atoms with van der Waals surface area (Å²) in [5, 5.41) is 12.1. The number of fused-ring (bicyclic) bond motifs is 1. The summed E-state index contributed by atoms with van der Waals surface area (Å²) in [4.78, 5) is 12.2. The SMILES string of the molecule is CC(C)n1cnnc1Cn1ncn2cccc2c1=O. The van der Waals surface area contributed by atoms with Crippen LogP contribution in [0.15, 0.2) is 35.8 Å². The van der Waals surface area contributed by atoms with Gasteiger partial charge >= 0.3 is 0 Å². The molecule has 19 heavy (non-hydrogen) atoms. The number of rotatable bonds is 3. The minimum Gasteiger partial charge on any atom is -0.313 e. The van der Waals surface area contributed by atoms with Crippen molar-refractivity contribution in [3.8, 4) is 0 Å². The first kappa shape index (κ1) is 11.6. The van der Waals surface area contributed by atoms with E-state index < -0.39 is 0 Å². The third-order valence-electron chi connectivity index (χ3n) is 3.04. The molecule has 7 heteroatoms. The molecule has 0 radical (unpaired) electrons. The molecule has 3 heterocycles. The Morgan fingerprint density at radius 1 is 1.32 bits per heavy atom. The minimum absolute atomic E-state index is 0.134. The molecule has 0 bridgehead atoms. The molecule has 0 aliphatic heterocycles. The molecule has 3 aromatic rings. The van der Waals surface area contributed by atoms with E-state index in [1.807, 2.05) is 24.5 Å². The Morgan fingerprint density at radius 2 is 2.16 bits per heavy atom. The van der Waals surface area contributed by atoms with Gasteiger partial charge in [-0.05, 0) is 26.0 Å². The van der Waals surface area contributed by atoms with Gasteiger partial charge in [-0.15, -0.1) is 10.2 Å². The average Bonchev–Trinajstić information content (AvgIpc) is 3.01. The van der Waals surface area contributed by atoms with Gasteiger partial charge in [-0.2, -0.15) is 5.10 Å². The molecule has 0 atom stereocenters. The quantitative estimate of drug-likeness (QED) is 0.694. The standard InChI is InChI=1S/C12H14N6O/c1-9(2)17-7-13-15-11(17)6-18-12(19)10-4-3-5-16(10)8-14-18/h3-5,7-9H,6H2,1-2H3. The van der Waals surface area contributed by atoms with E-state index in [1.165, 1.54) is 4.68 Å². The van der Waals surface area contributed by atoms with Gasteiger partial charge in [-0.3, -0.25) is 4.79 Å². The van der Waals surface area contributed by atoms with Crippen LogP contribution in [0.4, 0.5) is 0 Å². The maximum absolute atomic E-state index is 12.2. The highest BCUT2D eigenvalue weighted by Gasteiger charge is 2.10. The topological polar surface area (TPSA) is 70.0 Å². The molecule has 98 valence electrons. The average molecular weight is 258 g/mol. The lowest BCUT2D eigenvalue weighted by Crippen LogP contribution is -2.26. The van der Waals surface area contributed by atoms with Gasteiger partial charge in [0.1, 0.15) is 24.7 Å². The smallest absolute Gasteiger partial charge is 0.291 e. The van der Waals surface area contributed by atoms with Crippen molar-refractivity contribution in [2.45, 2.75) is 26.4 Å². The van der Waals surface area contributed by atoms with E-state index in [0.717, 1.165) is 5.82 Å². The lowest BCUT2D eigenvalue weighted by Gasteiger charge is -2.10. The maximum Gasteiger partial charge on any atom is 0.291 e. The van der Waals surface area contributed by atoms with E-state index >= 15 is 0 Å². The molecule has 3 aromatic heterocycles. The van der Waals surface area contributed by atoms with Crippen molar-refractivity contribution in [1.29, 1.82) is 0 Å². The summed E-state index contributed by atoms with van der Waals surface area (Å²) in [5.41, 5.74) is 0.469. The summed E-state index contributed by atoms with van der Waals surface area (Å²) in [5.74, 6) is 0.723. The van der Waals surface area contributed by atoms with Gasteiger partial charge in [0.2, 0.25) is 0 Å². The van der Waals surface area contributed by atoms with Gasteiger partial charge in [0.05, 0.1) is 0 Å². The van der Waals surface area contributed by atoms with Gasteiger partial charge in [0, 0.05) is 12.2 Å². The molecule has 0 spiro atoms. The van der Waals surface area contributed by atoms with Crippen LogP contribution < -0.4 is 5.56 Å². The van der Waals surface area contributed by atoms with Crippen LogP contribution in [0.1, 0.15) is 25.7 Å². The van der Waals surface area contributed by atoms with E-state index in [1.54, 1.807) is 29.3 Å². The Bertz CT molecular complexity index is 766. The van der Waals surface area contributed by atoms with Crippen molar-refractivity contribution in [2.24, 2.45) is 0 Å². The first-order chi connectivity index (χ1) is 9.16. The second kappa shape index (κ2) is 4.34. The second-order valence-electron chi connectivity index (χ2n) is 4.64. The number of hydrogen-bond acceptors (Lipinski definition) is 4. The highest BCUT2D eigenvalue weighted by atomic mass is 16.1. The minimum atomic E-state index is -0.134. The molecule has 0 amide bonds. The summed E-state index contributed by atoms with van der Waals surface area (Å²) < 4.78 is 5.03. The molecule has 7 nitrogen and oxygen atoms in total. The Balaban J connectivity index is 2.03. The zero-order valence-corrected chi connectivity index (χ0v) is 10.8. The van der Waals surface area contributed by atoms with Crippen LogP contribution in [0.2, 0.25) is 0 Å². The summed E-state index contributed by atoms with van der Waals surface area (Å²) in [7, 11) is 0. The summed E-state index contributed by atoms with van der Waals surface area (Å²) in [6, 6.07) is 3.84. The fourth-order valence-corrected chi connectivity index (χ4v) is 2.04. The fourth-order valence-electron chi connectivity index (χ4n) is 2.04. The molecule has 0 saturated carbocycles. The van der Waals surface area contributed by atoms with Crippen molar-refractivity contribution >= 4 is 5.52 Å². The van der Waals surface area contributed by atoms with Crippen LogP contribution in [0.5, 0.6) is 0 Å². The van der Waals surface area contributed by atoms with Gasteiger partial charge in [-0.25, -0.2) is 4.68 Å². The van der Waals surface area contributed by atoms with E-state index in [0.29, 0.717) is 12.1 Å². The van der Waals surface area contributed by atoms with Gasteiger partial charge in [0.25, 0.3) is 5.56 Å². The Hall–Kier alpha value is -2.44. The van der Waals surface area contributed by atoms with E-state index in [2.05, 4.69) is 15.3 Å². The van der Waals surface area contributed by atoms with Crippen molar-refractivity contribution in [3.05, 3.63) is 47.2 Å². The summed E-state index contributed by atoms with van der Waals surface area (Å²) in [6.45, 7) is 4.40. The fraction of sp³-hybridized carbons (Fsp3) is 0.333.